The molecular formula is C22H31N5O3. The largest absolute Gasteiger partial charge is 0.379 e. The van der Waals surface area contributed by atoms with E-state index in [1.165, 1.54) is 10.9 Å². The first-order valence-corrected chi connectivity index (χ1v) is 10.8. The summed E-state index contributed by atoms with van der Waals surface area (Å²) in [6, 6.07) is 8.18. The Balaban J connectivity index is 1.24. The number of fused-ring (bicyclic) bond motifs is 1. The highest BCUT2D eigenvalue weighted by Crippen LogP contribution is 2.29. The highest BCUT2D eigenvalue weighted by molar-refractivity contribution is 5.85. The van der Waals surface area contributed by atoms with E-state index in [2.05, 4.69) is 32.2 Å². The smallest absolute Gasteiger partial charge is 0.238 e. The number of carbonyl (C=O) groups excluding carboxylic acids is 2. The normalized spacial score (nSPS) is 20.3. The fourth-order valence-electron chi connectivity index (χ4n) is 4.72. The van der Waals surface area contributed by atoms with Crippen molar-refractivity contribution in [2.75, 3.05) is 52.5 Å². The molecule has 2 amide bonds. The van der Waals surface area contributed by atoms with Crippen LogP contribution in [0.1, 0.15) is 18.4 Å². The Morgan fingerprint density at radius 3 is 2.60 bits per heavy atom. The summed E-state index contributed by atoms with van der Waals surface area (Å²) in [6.07, 6.45) is 4.12. The van der Waals surface area contributed by atoms with Crippen molar-refractivity contribution < 1.29 is 14.3 Å². The number of para-hydroxylation sites is 1. The predicted octanol–water partition coefficient (Wildman–Crippen LogP) is 0.479. The number of ether oxygens (including phenoxy) is 1. The van der Waals surface area contributed by atoms with Crippen LogP contribution in [0.2, 0.25) is 0 Å². The van der Waals surface area contributed by atoms with Crippen LogP contribution in [-0.4, -0.2) is 84.6 Å². The standard InChI is InChI=1S/C22H31N5O3/c23-21(29)22(27-11-13-30-14-12-27)6-9-26(10-7-22)16-20(28)24-8-5-17-15-25-19-4-2-1-3-18(17)19/h1-4,15,25H,5-14,16H2,(H2,23,29)(H,24,28). The van der Waals surface area contributed by atoms with E-state index in [0.717, 1.165) is 25.0 Å². The van der Waals surface area contributed by atoms with Crippen molar-refractivity contribution in [2.24, 2.45) is 5.73 Å². The van der Waals surface area contributed by atoms with Gasteiger partial charge in [0.15, 0.2) is 0 Å². The van der Waals surface area contributed by atoms with Crippen LogP contribution in [0.3, 0.4) is 0 Å². The van der Waals surface area contributed by atoms with E-state index in [9.17, 15) is 9.59 Å². The Hall–Kier alpha value is -2.42. The van der Waals surface area contributed by atoms with Gasteiger partial charge in [0.05, 0.1) is 19.8 Å². The molecule has 0 spiro atoms. The minimum absolute atomic E-state index is 0.0211. The summed E-state index contributed by atoms with van der Waals surface area (Å²) in [5.41, 5.74) is 7.53. The van der Waals surface area contributed by atoms with Gasteiger partial charge in [0.2, 0.25) is 11.8 Å². The van der Waals surface area contributed by atoms with Crippen molar-refractivity contribution in [1.82, 2.24) is 20.1 Å². The molecule has 1 aromatic heterocycles. The van der Waals surface area contributed by atoms with E-state index in [4.69, 9.17) is 10.5 Å². The summed E-state index contributed by atoms with van der Waals surface area (Å²) in [4.78, 5) is 32.3. The van der Waals surface area contributed by atoms with Crippen LogP contribution in [0.5, 0.6) is 0 Å². The van der Waals surface area contributed by atoms with Gasteiger partial charge in [-0.3, -0.25) is 19.4 Å². The highest BCUT2D eigenvalue weighted by Gasteiger charge is 2.45. The summed E-state index contributed by atoms with van der Waals surface area (Å²) in [7, 11) is 0. The summed E-state index contributed by atoms with van der Waals surface area (Å²) in [6.45, 7) is 5.08. The zero-order valence-corrected chi connectivity index (χ0v) is 17.4. The Labute approximate surface area is 176 Å². The van der Waals surface area contributed by atoms with Crippen LogP contribution >= 0.6 is 0 Å². The number of hydrogen-bond donors (Lipinski definition) is 3. The van der Waals surface area contributed by atoms with Gasteiger partial charge in [-0.2, -0.15) is 0 Å². The summed E-state index contributed by atoms with van der Waals surface area (Å²) < 4.78 is 5.42. The molecule has 0 radical (unpaired) electrons. The number of benzene rings is 1. The molecule has 2 saturated heterocycles. The predicted molar refractivity (Wildman–Crippen MR) is 115 cm³/mol. The molecule has 4 N–H and O–H groups in total. The average Bonchev–Trinajstić information content (AvgIpc) is 3.18. The van der Waals surface area contributed by atoms with Crippen molar-refractivity contribution in [1.29, 1.82) is 0 Å². The fraction of sp³-hybridized carbons (Fsp3) is 0.545. The maximum absolute atomic E-state index is 12.4. The van der Waals surface area contributed by atoms with Crippen LogP contribution < -0.4 is 11.1 Å². The van der Waals surface area contributed by atoms with E-state index in [1.807, 2.05) is 18.3 Å². The van der Waals surface area contributed by atoms with Gasteiger partial charge in [-0.1, -0.05) is 18.2 Å². The number of primary amides is 1. The lowest BCUT2D eigenvalue weighted by Crippen LogP contribution is -2.64. The molecule has 0 bridgehead atoms. The molecule has 4 rings (SSSR count). The maximum Gasteiger partial charge on any atom is 0.238 e. The molecule has 1 aromatic carbocycles. The van der Waals surface area contributed by atoms with Crippen molar-refractivity contribution in [3.63, 3.8) is 0 Å². The number of morpholine rings is 1. The minimum atomic E-state index is -0.605. The zero-order chi connectivity index (χ0) is 21.0. The molecule has 8 heteroatoms. The SMILES string of the molecule is NC(=O)C1(N2CCOCC2)CCN(CC(=O)NCCc2c[nH]c3ccccc23)CC1. The Bertz CT molecular complexity index is 882. The van der Waals surface area contributed by atoms with Crippen molar-refractivity contribution in [3.05, 3.63) is 36.0 Å². The van der Waals surface area contributed by atoms with Gasteiger partial charge in [-0.25, -0.2) is 0 Å². The van der Waals surface area contributed by atoms with E-state index in [0.29, 0.717) is 52.2 Å². The van der Waals surface area contributed by atoms with Crippen LogP contribution in [0.4, 0.5) is 0 Å². The molecule has 0 saturated carbocycles. The molecule has 30 heavy (non-hydrogen) atoms. The molecule has 2 aromatic rings. The number of piperidine rings is 1. The molecular weight excluding hydrogens is 382 g/mol. The number of carbonyl (C=O) groups is 2. The van der Waals surface area contributed by atoms with E-state index >= 15 is 0 Å². The third-order valence-electron chi connectivity index (χ3n) is 6.52. The Morgan fingerprint density at radius 2 is 1.87 bits per heavy atom. The second-order valence-corrected chi connectivity index (χ2v) is 8.23. The second kappa shape index (κ2) is 9.16. The molecule has 0 unspecified atom stereocenters. The van der Waals surface area contributed by atoms with Gasteiger partial charge in [0, 0.05) is 49.8 Å². The number of H-pyrrole nitrogens is 1. The summed E-state index contributed by atoms with van der Waals surface area (Å²) in [5.74, 6) is -0.236. The highest BCUT2D eigenvalue weighted by atomic mass is 16.5. The van der Waals surface area contributed by atoms with E-state index in [1.54, 1.807) is 0 Å². The fourth-order valence-corrected chi connectivity index (χ4v) is 4.72. The number of amides is 2. The maximum atomic E-state index is 12.4. The first kappa shape index (κ1) is 20.8. The molecule has 2 aliphatic rings. The summed E-state index contributed by atoms with van der Waals surface area (Å²) >= 11 is 0. The van der Waals surface area contributed by atoms with Gasteiger partial charge < -0.3 is 20.8 Å². The Kier molecular flexibility index (Phi) is 6.36. The lowest BCUT2D eigenvalue weighted by atomic mass is 9.84. The van der Waals surface area contributed by atoms with Crippen LogP contribution in [-0.2, 0) is 20.7 Å². The number of aromatic nitrogens is 1. The van der Waals surface area contributed by atoms with E-state index < -0.39 is 5.54 Å². The second-order valence-electron chi connectivity index (χ2n) is 8.23. The van der Waals surface area contributed by atoms with Crippen LogP contribution in [0.25, 0.3) is 10.9 Å². The lowest BCUT2D eigenvalue weighted by Gasteiger charge is -2.47. The molecule has 8 nitrogen and oxygen atoms in total. The average molecular weight is 414 g/mol. The first-order valence-electron chi connectivity index (χ1n) is 10.8. The minimum Gasteiger partial charge on any atom is -0.379 e. The summed E-state index contributed by atoms with van der Waals surface area (Å²) in [5, 5.41) is 4.23. The molecule has 2 aliphatic heterocycles. The zero-order valence-electron chi connectivity index (χ0n) is 17.4. The number of rotatable bonds is 7. The van der Waals surface area contributed by atoms with Gasteiger partial charge in [0.1, 0.15) is 5.54 Å². The number of nitrogens with two attached hydrogens (primary N) is 1. The molecule has 0 aliphatic carbocycles. The van der Waals surface area contributed by atoms with Crippen molar-refractivity contribution in [3.8, 4) is 0 Å². The Morgan fingerprint density at radius 1 is 1.13 bits per heavy atom. The monoisotopic (exact) mass is 413 g/mol. The topological polar surface area (TPSA) is 104 Å². The van der Waals surface area contributed by atoms with Crippen LogP contribution in [0.15, 0.2) is 30.5 Å². The van der Waals surface area contributed by atoms with Crippen molar-refractivity contribution in [2.45, 2.75) is 24.8 Å². The first-order chi connectivity index (χ1) is 14.6. The molecule has 2 fully saturated rings. The third kappa shape index (κ3) is 4.35. The number of aromatic amines is 1. The number of nitrogens with zero attached hydrogens (tertiary/aromatic N) is 2. The molecule has 162 valence electrons. The quantitative estimate of drug-likeness (QED) is 0.613. The number of hydrogen-bond acceptors (Lipinski definition) is 5. The lowest BCUT2D eigenvalue weighted by molar-refractivity contribution is -0.138. The van der Waals surface area contributed by atoms with Crippen molar-refractivity contribution >= 4 is 22.7 Å². The van der Waals surface area contributed by atoms with E-state index in [-0.39, 0.29) is 11.8 Å². The van der Waals surface area contributed by atoms with Gasteiger partial charge in [0.25, 0.3) is 0 Å². The molecule has 0 atom stereocenters. The van der Waals surface area contributed by atoms with Gasteiger partial charge in [-0.05, 0) is 30.9 Å². The van der Waals surface area contributed by atoms with Gasteiger partial charge >= 0.3 is 0 Å². The molecule has 3 heterocycles. The number of nitrogens with one attached hydrogen (secondary N) is 2. The number of likely N-dealkylation sites (tertiary alicyclic amines) is 1. The van der Waals surface area contributed by atoms with Crippen LogP contribution in [0, 0.1) is 0 Å². The third-order valence-corrected chi connectivity index (χ3v) is 6.52. The van der Waals surface area contributed by atoms with Gasteiger partial charge in [-0.15, -0.1) is 0 Å².